The van der Waals surface area contributed by atoms with Crippen molar-refractivity contribution in [2.45, 2.75) is 31.8 Å². The topological polar surface area (TPSA) is 69.2 Å². The summed E-state index contributed by atoms with van der Waals surface area (Å²) in [6.45, 7) is 6.17. The van der Waals surface area contributed by atoms with E-state index in [2.05, 4.69) is 37.6 Å². The lowest BCUT2D eigenvalue weighted by Gasteiger charge is -2.38. The number of para-hydroxylation sites is 1. The van der Waals surface area contributed by atoms with Crippen molar-refractivity contribution in [2.24, 2.45) is 10.9 Å². The van der Waals surface area contributed by atoms with Crippen molar-refractivity contribution in [3.8, 4) is 5.75 Å². The lowest BCUT2D eigenvalue weighted by atomic mass is 9.84. The Bertz CT molecular complexity index is 707. The lowest BCUT2D eigenvalue weighted by Crippen LogP contribution is -2.52. The van der Waals surface area contributed by atoms with E-state index in [0.29, 0.717) is 11.8 Å². The molecule has 0 aromatic heterocycles. The molecule has 30 heavy (non-hydrogen) atoms. The van der Waals surface area contributed by atoms with Crippen LogP contribution in [-0.4, -0.2) is 80.6 Å². The Labute approximate surface area is 196 Å². The standard InChI is InChI=1S/C22H33N5O2.HI/c1-23-22(25-16-19-15-18-5-2-3-8-20(18)29-19)24-9-10-26-11-13-27(14-12-26)21(28)17-6-4-7-17;/h2-3,5,8,17,19H,4,6-7,9-16H2,1H3,(H2,23,24,25);1H. The van der Waals surface area contributed by atoms with Crippen molar-refractivity contribution in [3.63, 3.8) is 0 Å². The van der Waals surface area contributed by atoms with Crippen LogP contribution in [0.2, 0.25) is 0 Å². The van der Waals surface area contributed by atoms with Gasteiger partial charge in [0.05, 0.1) is 6.54 Å². The first kappa shape index (κ1) is 23.1. The zero-order valence-electron chi connectivity index (χ0n) is 17.8. The summed E-state index contributed by atoms with van der Waals surface area (Å²) in [5, 5.41) is 6.77. The summed E-state index contributed by atoms with van der Waals surface area (Å²) in [7, 11) is 1.80. The number of nitrogens with zero attached hydrogens (tertiary/aromatic N) is 3. The quantitative estimate of drug-likeness (QED) is 0.335. The molecule has 0 bridgehead atoms. The van der Waals surface area contributed by atoms with Gasteiger partial charge in [0.15, 0.2) is 5.96 Å². The van der Waals surface area contributed by atoms with Crippen LogP contribution in [0.15, 0.2) is 29.3 Å². The molecule has 2 heterocycles. The zero-order chi connectivity index (χ0) is 20.1. The SMILES string of the molecule is CN=C(NCCN1CCN(C(=O)C2CCC2)CC1)NCC1Cc2ccccc2O1.I. The van der Waals surface area contributed by atoms with E-state index in [-0.39, 0.29) is 30.1 Å². The number of amides is 1. The van der Waals surface area contributed by atoms with Crippen molar-refractivity contribution in [2.75, 3.05) is 52.9 Å². The van der Waals surface area contributed by atoms with E-state index in [1.807, 2.05) is 12.1 Å². The summed E-state index contributed by atoms with van der Waals surface area (Å²) in [4.78, 5) is 21.1. The van der Waals surface area contributed by atoms with E-state index >= 15 is 0 Å². The molecule has 1 amide bonds. The fraction of sp³-hybridized carbons (Fsp3) is 0.636. The number of halogens is 1. The van der Waals surface area contributed by atoms with Crippen LogP contribution in [0.1, 0.15) is 24.8 Å². The van der Waals surface area contributed by atoms with Crippen LogP contribution >= 0.6 is 24.0 Å². The Kier molecular flexibility index (Phi) is 8.61. The molecule has 2 fully saturated rings. The largest absolute Gasteiger partial charge is 0.488 e. The van der Waals surface area contributed by atoms with Gasteiger partial charge in [0.1, 0.15) is 11.9 Å². The van der Waals surface area contributed by atoms with E-state index in [4.69, 9.17) is 4.74 Å². The van der Waals surface area contributed by atoms with Gasteiger partial charge in [-0.05, 0) is 24.5 Å². The molecule has 1 unspecified atom stereocenters. The van der Waals surface area contributed by atoms with Gasteiger partial charge >= 0.3 is 0 Å². The van der Waals surface area contributed by atoms with Crippen LogP contribution in [-0.2, 0) is 11.2 Å². The average Bonchev–Trinajstić information content (AvgIpc) is 3.12. The van der Waals surface area contributed by atoms with E-state index in [1.165, 1.54) is 12.0 Å². The molecule has 1 aromatic carbocycles. The molecule has 166 valence electrons. The lowest BCUT2D eigenvalue weighted by molar-refractivity contribution is -0.139. The van der Waals surface area contributed by atoms with Crippen molar-refractivity contribution in [3.05, 3.63) is 29.8 Å². The maximum Gasteiger partial charge on any atom is 0.225 e. The highest BCUT2D eigenvalue weighted by atomic mass is 127. The van der Waals surface area contributed by atoms with Gasteiger partial charge < -0.3 is 20.3 Å². The van der Waals surface area contributed by atoms with Gasteiger partial charge in [-0.15, -0.1) is 24.0 Å². The predicted octanol–water partition coefficient (Wildman–Crippen LogP) is 1.72. The molecule has 0 spiro atoms. The van der Waals surface area contributed by atoms with Crippen LogP contribution in [0.3, 0.4) is 0 Å². The van der Waals surface area contributed by atoms with Crippen LogP contribution in [0.5, 0.6) is 5.75 Å². The van der Waals surface area contributed by atoms with Crippen molar-refractivity contribution in [1.82, 2.24) is 20.4 Å². The third-order valence-corrected chi connectivity index (χ3v) is 6.29. The summed E-state index contributed by atoms with van der Waals surface area (Å²) in [5.41, 5.74) is 1.28. The van der Waals surface area contributed by atoms with E-state index < -0.39 is 0 Å². The smallest absolute Gasteiger partial charge is 0.225 e. The number of ether oxygens (including phenoxy) is 1. The number of piperazine rings is 1. The highest BCUT2D eigenvalue weighted by molar-refractivity contribution is 14.0. The molecule has 1 aromatic rings. The number of carbonyl (C=O) groups excluding carboxylic acids is 1. The summed E-state index contributed by atoms with van der Waals surface area (Å²) < 4.78 is 5.97. The number of nitrogens with one attached hydrogen (secondary N) is 2. The molecule has 3 aliphatic rings. The van der Waals surface area contributed by atoms with Gasteiger partial charge in [-0.2, -0.15) is 0 Å². The van der Waals surface area contributed by atoms with Crippen molar-refractivity contribution >= 4 is 35.8 Å². The van der Waals surface area contributed by atoms with Gasteiger partial charge in [-0.1, -0.05) is 24.6 Å². The molecule has 7 nitrogen and oxygen atoms in total. The van der Waals surface area contributed by atoms with Gasteiger partial charge in [-0.3, -0.25) is 14.7 Å². The Morgan fingerprint density at radius 2 is 1.93 bits per heavy atom. The van der Waals surface area contributed by atoms with Gasteiger partial charge in [-0.25, -0.2) is 0 Å². The Balaban J connectivity index is 0.00000256. The first-order valence-corrected chi connectivity index (χ1v) is 10.9. The number of fused-ring (bicyclic) bond motifs is 1. The molecule has 0 radical (unpaired) electrons. The highest BCUT2D eigenvalue weighted by Crippen LogP contribution is 2.29. The fourth-order valence-corrected chi connectivity index (χ4v) is 4.24. The maximum absolute atomic E-state index is 12.3. The van der Waals surface area contributed by atoms with E-state index in [1.54, 1.807) is 7.05 Å². The summed E-state index contributed by atoms with van der Waals surface area (Å²) in [5.74, 6) is 2.50. The number of carbonyl (C=O) groups is 1. The summed E-state index contributed by atoms with van der Waals surface area (Å²) >= 11 is 0. The number of benzene rings is 1. The minimum atomic E-state index is 0. The van der Waals surface area contributed by atoms with E-state index in [0.717, 1.165) is 76.8 Å². The second-order valence-electron chi connectivity index (χ2n) is 8.23. The molecule has 8 heteroatoms. The third kappa shape index (κ3) is 5.78. The fourth-order valence-electron chi connectivity index (χ4n) is 4.24. The molecule has 4 rings (SSSR count). The molecular formula is C22H34IN5O2. The normalized spacial score (nSPS) is 21.8. The Hall–Kier alpha value is -1.55. The van der Waals surface area contributed by atoms with E-state index in [9.17, 15) is 4.79 Å². The van der Waals surface area contributed by atoms with Crippen LogP contribution < -0.4 is 15.4 Å². The van der Waals surface area contributed by atoms with Gasteiger partial charge in [0.2, 0.25) is 5.91 Å². The minimum Gasteiger partial charge on any atom is -0.488 e. The number of guanidine groups is 1. The first-order valence-electron chi connectivity index (χ1n) is 10.9. The summed E-state index contributed by atoms with van der Waals surface area (Å²) in [6, 6.07) is 8.23. The molecule has 2 aliphatic heterocycles. The Morgan fingerprint density at radius 1 is 1.17 bits per heavy atom. The van der Waals surface area contributed by atoms with Gasteiger partial charge in [0.25, 0.3) is 0 Å². The number of aliphatic imine (C=N–C) groups is 1. The molecule has 1 saturated heterocycles. The Morgan fingerprint density at radius 3 is 2.60 bits per heavy atom. The molecule has 1 saturated carbocycles. The third-order valence-electron chi connectivity index (χ3n) is 6.29. The zero-order valence-corrected chi connectivity index (χ0v) is 20.1. The summed E-state index contributed by atoms with van der Waals surface area (Å²) in [6.07, 6.45) is 4.48. The second-order valence-corrected chi connectivity index (χ2v) is 8.23. The number of hydrogen-bond acceptors (Lipinski definition) is 4. The number of hydrogen-bond donors (Lipinski definition) is 2. The molecular weight excluding hydrogens is 493 g/mol. The average molecular weight is 527 g/mol. The van der Waals surface area contributed by atoms with Crippen LogP contribution in [0.25, 0.3) is 0 Å². The molecule has 1 aliphatic carbocycles. The van der Waals surface area contributed by atoms with Crippen molar-refractivity contribution < 1.29 is 9.53 Å². The minimum absolute atomic E-state index is 0. The van der Waals surface area contributed by atoms with Crippen LogP contribution in [0.4, 0.5) is 0 Å². The van der Waals surface area contributed by atoms with Gasteiger partial charge in [0, 0.05) is 58.7 Å². The highest BCUT2D eigenvalue weighted by Gasteiger charge is 2.31. The monoisotopic (exact) mass is 527 g/mol. The number of rotatable bonds is 6. The molecule has 2 N–H and O–H groups in total. The molecule has 1 atom stereocenters. The maximum atomic E-state index is 12.3. The second kappa shape index (κ2) is 11.2. The van der Waals surface area contributed by atoms with Crippen LogP contribution in [0, 0.1) is 5.92 Å². The predicted molar refractivity (Wildman–Crippen MR) is 130 cm³/mol. The van der Waals surface area contributed by atoms with Crippen molar-refractivity contribution in [1.29, 1.82) is 0 Å². The first-order chi connectivity index (χ1) is 14.2.